The molecular weight excluding hydrogens is 388 g/mol. The standard InChI is InChI=1S/C23H28N8/c1-15(2)31-17(4)20(16(3)29-31)14-30-11-5-6-22(30)21-9-10-25-23(28-21)27-19-8-7-18(12-24)26-13-19/h7-10,13,15,22H,5-6,11,14H2,1-4H3,(H,25,27,28)/t22-/m0/s1. The van der Waals surface area contributed by atoms with Crippen molar-refractivity contribution in [2.45, 2.75) is 59.2 Å². The van der Waals surface area contributed by atoms with Crippen LogP contribution in [0.4, 0.5) is 11.6 Å². The van der Waals surface area contributed by atoms with E-state index >= 15 is 0 Å². The lowest BCUT2D eigenvalue weighted by Crippen LogP contribution is -2.24. The molecule has 0 bridgehead atoms. The van der Waals surface area contributed by atoms with Gasteiger partial charge >= 0.3 is 0 Å². The Bertz CT molecular complexity index is 1090. The van der Waals surface area contributed by atoms with Crippen molar-refractivity contribution >= 4 is 11.6 Å². The van der Waals surface area contributed by atoms with Gasteiger partial charge in [-0.25, -0.2) is 15.0 Å². The third-order valence-corrected chi connectivity index (χ3v) is 5.84. The molecule has 0 spiro atoms. The molecule has 0 aliphatic carbocycles. The maximum Gasteiger partial charge on any atom is 0.227 e. The van der Waals surface area contributed by atoms with Crippen molar-refractivity contribution < 1.29 is 0 Å². The van der Waals surface area contributed by atoms with Gasteiger partial charge in [-0.2, -0.15) is 10.4 Å². The molecule has 1 aliphatic rings. The first kappa shape index (κ1) is 20.9. The number of aryl methyl sites for hydroxylation is 1. The lowest BCUT2D eigenvalue weighted by atomic mass is 10.1. The zero-order valence-electron chi connectivity index (χ0n) is 18.5. The Morgan fingerprint density at radius 3 is 2.74 bits per heavy atom. The van der Waals surface area contributed by atoms with Crippen LogP contribution in [0.15, 0.2) is 30.6 Å². The van der Waals surface area contributed by atoms with Gasteiger partial charge < -0.3 is 5.32 Å². The average Bonchev–Trinajstić information content (AvgIpc) is 3.34. The van der Waals surface area contributed by atoms with E-state index in [2.05, 4.69) is 52.6 Å². The molecule has 0 saturated carbocycles. The average molecular weight is 417 g/mol. The van der Waals surface area contributed by atoms with Crippen molar-refractivity contribution in [3.8, 4) is 6.07 Å². The third kappa shape index (κ3) is 4.42. The highest BCUT2D eigenvalue weighted by Gasteiger charge is 2.29. The predicted octanol–water partition coefficient (Wildman–Crippen LogP) is 4.22. The SMILES string of the molecule is Cc1nn(C(C)C)c(C)c1CN1CCC[C@H]1c1ccnc(Nc2ccc(C#N)nc2)n1. The van der Waals surface area contributed by atoms with Crippen molar-refractivity contribution in [2.75, 3.05) is 11.9 Å². The zero-order valence-corrected chi connectivity index (χ0v) is 18.5. The maximum atomic E-state index is 8.90. The van der Waals surface area contributed by atoms with E-state index in [1.54, 1.807) is 24.5 Å². The Morgan fingerprint density at radius 1 is 1.23 bits per heavy atom. The minimum Gasteiger partial charge on any atom is -0.323 e. The number of rotatable bonds is 6. The van der Waals surface area contributed by atoms with E-state index < -0.39 is 0 Å². The lowest BCUT2D eigenvalue weighted by Gasteiger charge is -2.24. The Balaban J connectivity index is 1.52. The first-order valence-corrected chi connectivity index (χ1v) is 10.7. The molecule has 4 rings (SSSR count). The van der Waals surface area contributed by atoms with Gasteiger partial charge in [0, 0.05) is 30.0 Å². The van der Waals surface area contributed by atoms with Crippen LogP contribution in [0.3, 0.4) is 0 Å². The van der Waals surface area contributed by atoms with E-state index in [1.807, 2.05) is 12.1 Å². The highest BCUT2D eigenvalue weighted by Crippen LogP contribution is 2.33. The van der Waals surface area contributed by atoms with Crippen LogP contribution in [0.2, 0.25) is 0 Å². The molecule has 0 aromatic carbocycles. The number of anilines is 2. The second-order valence-corrected chi connectivity index (χ2v) is 8.29. The van der Waals surface area contributed by atoms with Gasteiger partial charge in [0.15, 0.2) is 0 Å². The smallest absolute Gasteiger partial charge is 0.227 e. The minimum absolute atomic E-state index is 0.254. The first-order valence-electron chi connectivity index (χ1n) is 10.7. The molecule has 3 aromatic heterocycles. The number of nitrogens with zero attached hydrogens (tertiary/aromatic N) is 7. The van der Waals surface area contributed by atoms with Gasteiger partial charge in [-0.15, -0.1) is 0 Å². The molecule has 8 nitrogen and oxygen atoms in total. The van der Waals surface area contributed by atoms with E-state index in [-0.39, 0.29) is 6.04 Å². The van der Waals surface area contributed by atoms with E-state index in [4.69, 9.17) is 15.3 Å². The van der Waals surface area contributed by atoms with Crippen LogP contribution in [0, 0.1) is 25.2 Å². The molecule has 1 saturated heterocycles. The lowest BCUT2D eigenvalue weighted by molar-refractivity contribution is 0.243. The molecule has 1 N–H and O–H groups in total. The number of likely N-dealkylation sites (tertiary alicyclic amines) is 1. The summed E-state index contributed by atoms with van der Waals surface area (Å²) < 4.78 is 2.12. The predicted molar refractivity (Wildman–Crippen MR) is 119 cm³/mol. The van der Waals surface area contributed by atoms with Crippen molar-refractivity contribution in [1.82, 2.24) is 29.6 Å². The topological polar surface area (TPSA) is 95.6 Å². The summed E-state index contributed by atoms with van der Waals surface area (Å²) in [5, 5.41) is 16.8. The second kappa shape index (κ2) is 8.82. The van der Waals surface area contributed by atoms with Crippen molar-refractivity contribution in [2.24, 2.45) is 0 Å². The minimum atomic E-state index is 0.254. The van der Waals surface area contributed by atoms with Crippen LogP contribution in [-0.2, 0) is 6.54 Å². The van der Waals surface area contributed by atoms with Gasteiger partial charge in [0.2, 0.25) is 5.95 Å². The van der Waals surface area contributed by atoms with E-state index in [0.29, 0.717) is 17.7 Å². The van der Waals surface area contributed by atoms with Gasteiger partial charge in [0.05, 0.1) is 29.3 Å². The number of nitriles is 1. The monoisotopic (exact) mass is 416 g/mol. The fourth-order valence-corrected chi connectivity index (χ4v) is 4.26. The summed E-state index contributed by atoms with van der Waals surface area (Å²) in [5.41, 5.74) is 5.83. The van der Waals surface area contributed by atoms with Crippen LogP contribution >= 0.6 is 0 Å². The van der Waals surface area contributed by atoms with Gasteiger partial charge in [-0.05, 0) is 65.3 Å². The molecule has 4 heterocycles. The molecule has 1 aliphatic heterocycles. The third-order valence-electron chi connectivity index (χ3n) is 5.84. The molecule has 160 valence electrons. The van der Waals surface area contributed by atoms with Crippen LogP contribution in [0.5, 0.6) is 0 Å². The van der Waals surface area contributed by atoms with E-state index in [0.717, 1.165) is 43.0 Å². The highest BCUT2D eigenvalue weighted by atomic mass is 15.3. The van der Waals surface area contributed by atoms with Crippen LogP contribution < -0.4 is 5.32 Å². The quantitative estimate of drug-likeness (QED) is 0.643. The summed E-state index contributed by atoms with van der Waals surface area (Å²) in [6.07, 6.45) is 5.64. The maximum absolute atomic E-state index is 8.90. The highest BCUT2D eigenvalue weighted by molar-refractivity contribution is 5.52. The second-order valence-electron chi connectivity index (χ2n) is 8.29. The Kier molecular flexibility index (Phi) is 5.96. The largest absolute Gasteiger partial charge is 0.323 e. The van der Waals surface area contributed by atoms with Crippen LogP contribution in [0.1, 0.15) is 67.1 Å². The number of nitrogens with one attached hydrogen (secondary N) is 1. The summed E-state index contributed by atoms with van der Waals surface area (Å²) in [6.45, 7) is 10.5. The molecule has 0 amide bonds. The molecule has 3 aromatic rings. The molecule has 1 fully saturated rings. The molecule has 0 unspecified atom stereocenters. The fraction of sp³-hybridized carbons (Fsp3) is 0.435. The molecular formula is C23H28N8. The fourth-order valence-electron chi connectivity index (χ4n) is 4.26. The number of hydrogen-bond acceptors (Lipinski definition) is 7. The number of pyridine rings is 1. The first-order chi connectivity index (χ1) is 15.0. The zero-order chi connectivity index (χ0) is 22.0. The number of aromatic nitrogens is 5. The molecule has 0 radical (unpaired) electrons. The van der Waals surface area contributed by atoms with Crippen molar-refractivity contribution in [3.05, 3.63) is 58.9 Å². The molecule has 8 heteroatoms. The van der Waals surface area contributed by atoms with Crippen molar-refractivity contribution in [3.63, 3.8) is 0 Å². The van der Waals surface area contributed by atoms with E-state index in [1.165, 1.54) is 11.3 Å². The van der Waals surface area contributed by atoms with Crippen molar-refractivity contribution in [1.29, 1.82) is 5.26 Å². The van der Waals surface area contributed by atoms with Gasteiger partial charge in [-0.1, -0.05) is 0 Å². The molecule has 31 heavy (non-hydrogen) atoms. The van der Waals surface area contributed by atoms with Crippen LogP contribution in [0.25, 0.3) is 0 Å². The summed E-state index contributed by atoms with van der Waals surface area (Å²) in [6, 6.07) is 8.11. The summed E-state index contributed by atoms with van der Waals surface area (Å²) in [4.78, 5) is 15.7. The van der Waals surface area contributed by atoms with Crippen LogP contribution in [-0.4, -0.2) is 36.2 Å². The molecule has 1 atom stereocenters. The normalized spacial score (nSPS) is 16.6. The van der Waals surface area contributed by atoms with Gasteiger partial charge in [0.1, 0.15) is 11.8 Å². The van der Waals surface area contributed by atoms with Gasteiger partial charge in [-0.3, -0.25) is 9.58 Å². The number of hydrogen-bond donors (Lipinski definition) is 1. The van der Waals surface area contributed by atoms with Gasteiger partial charge in [0.25, 0.3) is 0 Å². The van der Waals surface area contributed by atoms with E-state index in [9.17, 15) is 0 Å². The Labute approximate surface area is 183 Å². The summed E-state index contributed by atoms with van der Waals surface area (Å²) in [7, 11) is 0. The summed E-state index contributed by atoms with van der Waals surface area (Å²) >= 11 is 0. The Hall–Kier alpha value is -3.31. The Morgan fingerprint density at radius 2 is 2.06 bits per heavy atom. The summed E-state index contributed by atoms with van der Waals surface area (Å²) in [5.74, 6) is 0.538.